The topological polar surface area (TPSA) is 6.48 Å². The van der Waals surface area contributed by atoms with Gasteiger partial charge >= 0.3 is 0 Å². The van der Waals surface area contributed by atoms with Gasteiger partial charge in [-0.05, 0) is 37.9 Å². The van der Waals surface area contributed by atoms with Crippen molar-refractivity contribution in [2.24, 2.45) is 0 Å². The molecule has 2 unspecified atom stereocenters. The van der Waals surface area contributed by atoms with Crippen molar-refractivity contribution in [3.05, 3.63) is 28.8 Å². The lowest BCUT2D eigenvalue weighted by Gasteiger charge is -2.49. The van der Waals surface area contributed by atoms with Gasteiger partial charge in [0.15, 0.2) is 0 Å². The molecule has 2 saturated heterocycles. The van der Waals surface area contributed by atoms with E-state index in [2.05, 4.69) is 38.7 Å². The van der Waals surface area contributed by atoms with Crippen LogP contribution in [0.15, 0.2) is 18.2 Å². The highest BCUT2D eigenvalue weighted by atomic mass is 79.9. The number of benzene rings is 1. The van der Waals surface area contributed by atoms with Gasteiger partial charge in [-0.3, -0.25) is 4.90 Å². The molecule has 2 nitrogen and oxygen atoms in total. The van der Waals surface area contributed by atoms with Crippen molar-refractivity contribution < 1.29 is 0 Å². The second-order valence-electron chi connectivity index (χ2n) is 6.03. The van der Waals surface area contributed by atoms with Crippen LogP contribution >= 0.6 is 27.5 Å². The fourth-order valence-corrected chi connectivity index (χ4v) is 4.41. The van der Waals surface area contributed by atoms with Crippen molar-refractivity contribution in [2.45, 2.75) is 43.6 Å². The van der Waals surface area contributed by atoms with E-state index in [1.807, 2.05) is 12.1 Å². The van der Waals surface area contributed by atoms with E-state index in [-0.39, 0.29) is 0 Å². The molecule has 2 aliphatic heterocycles. The summed E-state index contributed by atoms with van der Waals surface area (Å²) >= 11 is 10.1. The molecule has 0 aliphatic carbocycles. The van der Waals surface area contributed by atoms with Gasteiger partial charge in [-0.2, -0.15) is 0 Å². The number of piperidine rings is 1. The Bertz CT molecular complexity index is 480. The fourth-order valence-electron chi connectivity index (χ4n) is 3.65. The summed E-state index contributed by atoms with van der Waals surface area (Å²) in [5.41, 5.74) is 2.54. The summed E-state index contributed by atoms with van der Waals surface area (Å²) in [5, 5.41) is 1.75. The van der Waals surface area contributed by atoms with Crippen LogP contribution in [0.25, 0.3) is 0 Å². The number of hydrogen-bond acceptors (Lipinski definition) is 2. The zero-order chi connectivity index (χ0) is 14.1. The molecule has 0 saturated carbocycles. The summed E-state index contributed by atoms with van der Waals surface area (Å²) in [6, 6.07) is 7.48. The number of rotatable bonds is 2. The summed E-state index contributed by atoms with van der Waals surface area (Å²) in [5.74, 6) is 0. The van der Waals surface area contributed by atoms with Gasteiger partial charge in [-0.1, -0.05) is 46.1 Å². The lowest BCUT2D eigenvalue weighted by atomic mass is 9.96. The monoisotopic (exact) mass is 356 g/mol. The molecule has 2 fully saturated rings. The first-order chi connectivity index (χ1) is 9.70. The van der Waals surface area contributed by atoms with Gasteiger partial charge in [0.05, 0.1) is 10.7 Å². The highest BCUT2D eigenvalue weighted by Crippen LogP contribution is 2.36. The number of hydrogen-bond donors (Lipinski definition) is 0. The molecule has 0 spiro atoms. The van der Waals surface area contributed by atoms with E-state index in [1.165, 1.54) is 37.1 Å². The van der Waals surface area contributed by atoms with Crippen LogP contribution in [0.2, 0.25) is 5.02 Å². The smallest absolute Gasteiger partial charge is 0.0642 e. The Hall–Kier alpha value is -0.250. The molecule has 110 valence electrons. The highest BCUT2D eigenvalue weighted by molar-refractivity contribution is 9.08. The van der Waals surface area contributed by atoms with Crippen molar-refractivity contribution in [1.29, 1.82) is 0 Å². The lowest BCUT2D eigenvalue weighted by Crippen LogP contribution is -2.59. The predicted octanol–water partition coefficient (Wildman–Crippen LogP) is 4.30. The summed E-state index contributed by atoms with van der Waals surface area (Å²) in [6.07, 6.45) is 4.07. The largest absolute Gasteiger partial charge is 0.365 e. The van der Waals surface area contributed by atoms with Crippen molar-refractivity contribution in [1.82, 2.24) is 4.90 Å². The molecule has 2 aliphatic rings. The van der Waals surface area contributed by atoms with Gasteiger partial charge in [-0.25, -0.2) is 0 Å². The predicted molar refractivity (Wildman–Crippen MR) is 90.1 cm³/mol. The summed E-state index contributed by atoms with van der Waals surface area (Å²) < 4.78 is 0. The Morgan fingerprint density at radius 2 is 2.15 bits per heavy atom. The molecule has 0 aromatic heterocycles. The molecular formula is C16H22BrClN2. The Morgan fingerprint density at radius 3 is 2.95 bits per heavy atom. The van der Waals surface area contributed by atoms with Crippen LogP contribution in [0.4, 0.5) is 5.69 Å². The van der Waals surface area contributed by atoms with E-state index in [0.29, 0.717) is 12.1 Å². The van der Waals surface area contributed by atoms with Gasteiger partial charge in [0.1, 0.15) is 0 Å². The summed E-state index contributed by atoms with van der Waals surface area (Å²) in [6.45, 7) is 5.88. The third-order valence-corrected chi connectivity index (χ3v) is 5.60. The molecule has 4 heteroatoms. The maximum absolute atomic E-state index is 6.51. The first-order valence-corrected chi connectivity index (χ1v) is 9.04. The van der Waals surface area contributed by atoms with E-state index >= 15 is 0 Å². The minimum absolute atomic E-state index is 0.530. The summed E-state index contributed by atoms with van der Waals surface area (Å²) in [7, 11) is 0. The van der Waals surface area contributed by atoms with Crippen LogP contribution in [0.5, 0.6) is 0 Å². The molecule has 1 aromatic rings. The zero-order valence-corrected chi connectivity index (χ0v) is 14.3. The molecular weight excluding hydrogens is 336 g/mol. The van der Waals surface area contributed by atoms with Gasteiger partial charge in [0.25, 0.3) is 0 Å². The first kappa shape index (κ1) is 14.7. The Balaban J connectivity index is 1.90. The molecule has 2 atom stereocenters. The van der Waals surface area contributed by atoms with Crippen LogP contribution in [-0.2, 0) is 5.33 Å². The molecule has 2 heterocycles. The number of nitrogens with zero attached hydrogens (tertiary/aromatic N) is 2. The third-order valence-electron chi connectivity index (χ3n) is 4.69. The normalized spacial score (nSPS) is 27.4. The van der Waals surface area contributed by atoms with E-state index in [1.54, 1.807) is 0 Å². The van der Waals surface area contributed by atoms with Crippen molar-refractivity contribution >= 4 is 33.2 Å². The molecule has 0 radical (unpaired) electrons. The van der Waals surface area contributed by atoms with E-state index in [9.17, 15) is 0 Å². The van der Waals surface area contributed by atoms with Crippen molar-refractivity contribution in [2.75, 3.05) is 24.5 Å². The van der Waals surface area contributed by atoms with Gasteiger partial charge in [0.2, 0.25) is 0 Å². The third kappa shape index (κ3) is 2.72. The Morgan fingerprint density at radius 1 is 1.30 bits per heavy atom. The Labute approximate surface area is 135 Å². The maximum atomic E-state index is 6.51. The highest BCUT2D eigenvalue weighted by Gasteiger charge is 2.34. The standard InChI is InChI=1S/C16H22BrClN2/c1-12-10-19-8-3-2-6-14(19)11-20(12)16-13(9-17)5-4-7-15(16)18/h4-5,7,12,14H,2-3,6,8-11H2,1H3. The molecule has 20 heavy (non-hydrogen) atoms. The minimum Gasteiger partial charge on any atom is -0.365 e. The van der Waals surface area contributed by atoms with E-state index in [0.717, 1.165) is 23.4 Å². The van der Waals surface area contributed by atoms with Gasteiger partial charge < -0.3 is 4.90 Å². The van der Waals surface area contributed by atoms with Crippen LogP contribution < -0.4 is 4.90 Å². The number of piperazine rings is 1. The van der Waals surface area contributed by atoms with Crippen LogP contribution in [0, 0.1) is 0 Å². The molecule has 0 N–H and O–H groups in total. The quantitative estimate of drug-likeness (QED) is 0.728. The SMILES string of the molecule is CC1CN2CCCCC2CN1c1c(Cl)cccc1CBr. The van der Waals surface area contributed by atoms with Gasteiger partial charge in [0, 0.05) is 30.5 Å². The van der Waals surface area contributed by atoms with Gasteiger partial charge in [-0.15, -0.1) is 0 Å². The number of anilines is 1. The number of alkyl halides is 1. The van der Waals surface area contributed by atoms with Crippen LogP contribution in [-0.4, -0.2) is 36.6 Å². The number of fused-ring (bicyclic) bond motifs is 1. The second kappa shape index (κ2) is 6.25. The number of halogens is 2. The van der Waals surface area contributed by atoms with Crippen LogP contribution in [0.3, 0.4) is 0 Å². The second-order valence-corrected chi connectivity index (χ2v) is 7.00. The molecule has 3 rings (SSSR count). The average Bonchev–Trinajstić information content (AvgIpc) is 2.46. The fraction of sp³-hybridized carbons (Fsp3) is 0.625. The van der Waals surface area contributed by atoms with Crippen molar-refractivity contribution in [3.8, 4) is 0 Å². The Kier molecular flexibility index (Phi) is 4.58. The maximum Gasteiger partial charge on any atom is 0.0642 e. The zero-order valence-electron chi connectivity index (χ0n) is 12.0. The summed E-state index contributed by atoms with van der Waals surface area (Å²) in [4.78, 5) is 5.21. The molecule has 0 bridgehead atoms. The average molecular weight is 358 g/mol. The molecule has 0 amide bonds. The van der Waals surface area contributed by atoms with E-state index in [4.69, 9.17) is 11.6 Å². The van der Waals surface area contributed by atoms with Crippen molar-refractivity contribution in [3.63, 3.8) is 0 Å². The van der Waals surface area contributed by atoms with Crippen LogP contribution in [0.1, 0.15) is 31.7 Å². The lowest BCUT2D eigenvalue weighted by molar-refractivity contribution is 0.115. The van der Waals surface area contributed by atoms with E-state index < -0.39 is 0 Å². The molecule has 1 aromatic carbocycles. The first-order valence-electron chi connectivity index (χ1n) is 7.54. The number of para-hydroxylation sites is 1. The minimum atomic E-state index is 0.530.